The van der Waals surface area contributed by atoms with Crippen LogP contribution in [0.3, 0.4) is 0 Å². The normalized spacial score (nSPS) is 10.5. The predicted molar refractivity (Wildman–Crippen MR) is 93.9 cm³/mol. The van der Waals surface area contributed by atoms with E-state index in [4.69, 9.17) is 11.6 Å². The van der Waals surface area contributed by atoms with Crippen LogP contribution in [0.5, 0.6) is 0 Å². The van der Waals surface area contributed by atoms with Crippen LogP contribution in [0, 0.1) is 20.8 Å². The van der Waals surface area contributed by atoms with Gasteiger partial charge in [0.2, 0.25) is 5.91 Å². The second-order valence-electron chi connectivity index (χ2n) is 5.14. The molecule has 116 valence electrons. The zero-order valence-corrected chi connectivity index (χ0v) is 14.5. The molecule has 0 saturated carbocycles. The van der Waals surface area contributed by atoms with E-state index in [-0.39, 0.29) is 5.91 Å². The summed E-state index contributed by atoms with van der Waals surface area (Å²) in [6, 6.07) is 9.61. The van der Waals surface area contributed by atoms with Crippen molar-refractivity contribution in [3.63, 3.8) is 0 Å². The molecule has 0 aliphatic heterocycles. The topological polar surface area (TPSA) is 42.0 Å². The maximum atomic E-state index is 12.1. The number of carbonyl (C=O) groups excluding carboxylic acids is 1. The second-order valence-corrected chi connectivity index (χ2v) is 6.75. The van der Waals surface area contributed by atoms with Gasteiger partial charge in [-0.05, 0) is 56.7 Å². The molecule has 0 unspecified atom stereocenters. The molecular formula is C17H19ClN2OS. The zero-order valence-electron chi connectivity index (χ0n) is 12.9. The van der Waals surface area contributed by atoms with Crippen molar-refractivity contribution < 1.29 is 4.79 Å². The SMILES string of the molecule is Cc1cc(C)c(NC(=O)CCSc2ccc(Cl)cc2)c(C)n1. The molecule has 0 fully saturated rings. The number of rotatable bonds is 5. The summed E-state index contributed by atoms with van der Waals surface area (Å²) in [6.07, 6.45) is 0.458. The van der Waals surface area contributed by atoms with Gasteiger partial charge in [-0.1, -0.05) is 11.6 Å². The van der Waals surface area contributed by atoms with Gasteiger partial charge in [-0.3, -0.25) is 9.78 Å². The quantitative estimate of drug-likeness (QED) is 0.800. The van der Waals surface area contributed by atoms with Crippen LogP contribution in [0.1, 0.15) is 23.4 Å². The van der Waals surface area contributed by atoms with E-state index in [1.165, 1.54) is 0 Å². The third-order valence-electron chi connectivity index (χ3n) is 3.20. The highest BCUT2D eigenvalue weighted by Crippen LogP contribution is 2.22. The summed E-state index contributed by atoms with van der Waals surface area (Å²) in [4.78, 5) is 17.6. The van der Waals surface area contributed by atoms with Crippen molar-refractivity contribution in [2.75, 3.05) is 11.1 Å². The third kappa shape index (κ3) is 4.75. The van der Waals surface area contributed by atoms with Crippen LogP contribution in [-0.4, -0.2) is 16.6 Å². The van der Waals surface area contributed by atoms with Crippen molar-refractivity contribution in [3.05, 3.63) is 52.3 Å². The lowest BCUT2D eigenvalue weighted by Gasteiger charge is -2.12. The molecule has 5 heteroatoms. The van der Waals surface area contributed by atoms with Gasteiger partial charge in [0.1, 0.15) is 0 Å². The van der Waals surface area contributed by atoms with Crippen molar-refractivity contribution in [3.8, 4) is 0 Å². The average Bonchev–Trinajstić information content (AvgIpc) is 2.45. The Morgan fingerprint density at radius 2 is 1.91 bits per heavy atom. The fourth-order valence-electron chi connectivity index (χ4n) is 2.21. The first-order chi connectivity index (χ1) is 10.5. The van der Waals surface area contributed by atoms with Crippen molar-refractivity contribution in [2.24, 2.45) is 0 Å². The van der Waals surface area contributed by atoms with Gasteiger partial charge in [0.15, 0.2) is 0 Å². The average molecular weight is 335 g/mol. The number of nitrogens with zero attached hydrogens (tertiary/aromatic N) is 1. The van der Waals surface area contributed by atoms with Crippen LogP contribution < -0.4 is 5.32 Å². The molecule has 2 rings (SSSR count). The lowest BCUT2D eigenvalue weighted by Crippen LogP contribution is -2.14. The summed E-state index contributed by atoms with van der Waals surface area (Å²) in [6.45, 7) is 5.85. The van der Waals surface area contributed by atoms with Crippen molar-refractivity contribution in [1.29, 1.82) is 0 Å². The van der Waals surface area contributed by atoms with Gasteiger partial charge < -0.3 is 5.32 Å². The standard InChI is InChI=1S/C17H19ClN2OS/c1-11-10-12(2)19-13(3)17(11)20-16(21)8-9-22-15-6-4-14(18)5-7-15/h4-7,10H,8-9H2,1-3H3,(H,20,21). The predicted octanol–water partition coefficient (Wildman–Crippen LogP) is 4.78. The highest BCUT2D eigenvalue weighted by molar-refractivity contribution is 7.99. The number of halogens is 1. The molecule has 0 saturated heterocycles. The van der Waals surface area contributed by atoms with Gasteiger partial charge in [-0.15, -0.1) is 11.8 Å². The third-order valence-corrected chi connectivity index (χ3v) is 4.47. The Morgan fingerprint density at radius 3 is 2.55 bits per heavy atom. The van der Waals surface area contributed by atoms with Gasteiger partial charge >= 0.3 is 0 Å². The number of aromatic nitrogens is 1. The highest BCUT2D eigenvalue weighted by atomic mass is 35.5. The molecule has 1 amide bonds. The number of nitrogens with one attached hydrogen (secondary N) is 1. The molecule has 1 heterocycles. The highest BCUT2D eigenvalue weighted by Gasteiger charge is 2.09. The number of carbonyl (C=O) groups is 1. The summed E-state index contributed by atoms with van der Waals surface area (Å²) < 4.78 is 0. The molecule has 0 atom stereocenters. The fourth-order valence-corrected chi connectivity index (χ4v) is 3.18. The van der Waals surface area contributed by atoms with E-state index in [0.717, 1.165) is 38.3 Å². The second kappa shape index (κ2) is 7.65. The maximum absolute atomic E-state index is 12.1. The van der Waals surface area contributed by atoms with E-state index in [1.807, 2.05) is 51.1 Å². The summed E-state index contributed by atoms with van der Waals surface area (Å²) in [7, 11) is 0. The number of hydrogen-bond acceptors (Lipinski definition) is 3. The lowest BCUT2D eigenvalue weighted by atomic mass is 10.1. The van der Waals surface area contributed by atoms with E-state index in [2.05, 4.69) is 10.3 Å². The minimum absolute atomic E-state index is 0.0123. The Balaban J connectivity index is 1.87. The van der Waals surface area contributed by atoms with E-state index < -0.39 is 0 Å². The minimum atomic E-state index is 0.0123. The molecule has 22 heavy (non-hydrogen) atoms. The van der Waals surface area contributed by atoms with Crippen LogP contribution in [0.25, 0.3) is 0 Å². The Labute approximate surface area is 140 Å². The van der Waals surface area contributed by atoms with Crippen LogP contribution in [-0.2, 0) is 4.79 Å². The van der Waals surface area contributed by atoms with Gasteiger partial charge in [-0.2, -0.15) is 0 Å². The molecule has 0 bridgehead atoms. The lowest BCUT2D eigenvalue weighted by molar-refractivity contribution is -0.115. The number of anilines is 1. The molecule has 1 N–H and O–H groups in total. The van der Waals surface area contributed by atoms with Crippen LogP contribution in [0.4, 0.5) is 5.69 Å². The Hall–Kier alpha value is -1.52. The molecule has 2 aromatic rings. The van der Waals surface area contributed by atoms with Gasteiger partial charge in [-0.25, -0.2) is 0 Å². The molecule has 0 radical (unpaired) electrons. The van der Waals surface area contributed by atoms with E-state index >= 15 is 0 Å². The fraction of sp³-hybridized carbons (Fsp3) is 0.294. The Bertz CT molecular complexity index is 648. The number of aryl methyl sites for hydroxylation is 3. The van der Waals surface area contributed by atoms with E-state index in [0.29, 0.717) is 6.42 Å². The summed E-state index contributed by atoms with van der Waals surface area (Å²) in [5.41, 5.74) is 3.69. The van der Waals surface area contributed by atoms with Crippen molar-refractivity contribution in [2.45, 2.75) is 32.1 Å². The summed E-state index contributed by atoms with van der Waals surface area (Å²) in [5, 5.41) is 3.69. The molecule has 3 nitrogen and oxygen atoms in total. The largest absolute Gasteiger partial charge is 0.324 e. The molecule has 0 aliphatic carbocycles. The first-order valence-electron chi connectivity index (χ1n) is 7.09. The van der Waals surface area contributed by atoms with E-state index in [1.54, 1.807) is 11.8 Å². The van der Waals surface area contributed by atoms with Gasteiger partial charge in [0.05, 0.1) is 11.4 Å². The number of thioether (sulfide) groups is 1. The molecule has 1 aromatic carbocycles. The van der Waals surface area contributed by atoms with Crippen LogP contribution in [0.2, 0.25) is 5.02 Å². The minimum Gasteiger partial charge on any atom is -0.324 e. The Kier molecular flexibility index (Phi) is 5.86. The number of pyridine rings is 1. The summed E-state index contributed by atoms with van der Waals surface area (Å²) in [5.74, 6) is 0.739. The Morgan fingerprint density at radius 1 is 1.23 bits per heavy atom. The molecule has 1 aromatic heterocycles. The first kappa shape index (κ1) is 16.8. The van der Waals surface area contributed by atoms with Crippen molar-refractivity contribution in [1.82, 2.24) is 4.98 Å². The van der Waals surface area contributed by atoms with Gasteiger partial charge in [0.25, 0.3) is 0 Å². The monoisotopic (exact) mass is 334 g/mol. The van der Waals surface area contributed by atoms with E-state index in [9.17, 15) is 4.79 Å². The van der Waals surface area contributed by atoms with Gasteiger partial charge in [0, 0.05) is 27.8 Å². The zero-order chi connectivity index (χ0) is 16.1. The first-order valence-corrected chi connectivity index (χ1v) is 8.45. The number of benzene rings is 1. The maximum Gasteiger partial charge on any atom is 0.225 e. The summed E-state index contributed by atoms with van der Waals surface area (Å²) >= 11 is 7.49. The number of hydrogen-bond donors (Lipinski definition) is 1. The number of amides is 1. The molecule has 0 aliphatic rings. The smallest absolute Gasteiger partial charge is 0.225 e. The van der Waals surface area contributed by atoms with Crippen LogP contribution >= 0.6 is 23.4 Å². The van der Waals surface area contributed by atoms with Crippen molar-refractivity contribution >= 4 is 35.0 Å². The molecule has 0 spiro atoms. The van der Waals surface area contributed by atoms with Crippen LogP contribution in [0.15, 0.2) is 35.2 Å². The molecular weight excluding hydrogens is 316 g/mol.